The van der Waals surface area contributed by atoms with Gasteiger partial charge in [0.05, 0.1) is 0 Å². The van der Waals surface area contributed by atoms with Crippen molar-refractivity contribution in [2.75, 3.05) is 0 Å². The number of imidazole rings is 1. The summed E-state index contributed by atoms with van der Waals surface area (Å²) in [6, 6.07) is 6.08. The molecule has 0 saturated carbocycles. The third-order valence-corrected chi connectivity index (χ3v) is 3.60. The van der Waals surface area contributed by atoms with Crippen LogP contribution in [-0.4, -0.2) is 15.1 Å². The Morgan fingerprint density at radius 2 is 2.10 bits per heavy atom. The first-order valence-electron chi connectivity index (χ1n) is 6.97. The quantitative estimate of drug-likeness (QED) is 0.893. The van der Waals surface area contributed by atoms with Crippen LogP contribution in [0.4, 0.5) is 0 Å². The Bertz CT molecular complexity index is 602. The number of ether oxygens (including phenoxy) is 1. The van der Waals surface area contributed by atoms with Gasteiger partial charge in [-0.1, -0.05) is 15.9 Å². The van der Waals surface area contributed by atoms with Gasteiger partial charge in [0, 0.05) is 41.6 Å². The second-order valence-electron chi connectivity index (χ2n) is 6.10. The van der Waals surface area contributed by atoms with Crippen LogP contribution in [0.1, 0.15) is 32.2 Å². The first-order valence-corrected chi connectivity index (χ1v) is 7.77. The van der Waals surface area contributed by atoms with Crippen molar-refractivity contribution >= 4 is 15.9 Å². The SMILES string of the molecule is Cn1ccnc1COc1ccc(Br)cc1CNC(C)(C)C. The fourth-order valence-electron chi connectivity index (χ4n) is 1.87. The van der Waals surface area contributed by atoms with Crippen LogP contribution in [0.25, 0.3) is 0 Å². The lowest BCUT2D eigenvalue weighted by molar-refractivity contribution is 0.286. The summed E-state index contributed by atoms with van der Waals surface area (Å²) in [5.74, 6) is 1.80. The van der Waals surface area contributed by atoms with Crippen LogP contribution in [0.5, 0.6) is 5.75 Å². The Labute approximate surface area is 134 Å². The van der Waals surface area contributed by atoms with Crippen molar-refractivity contribution in [1.29, 1.82) is 0 Å². The summed E-state index contributed by atoms with van der Waals surface area (Å²) in [6.07, 6.45) is 3.70. The van der Waals surface area contributed by atoms with E-state index in [0.29, 0.717) is 6.61 Å². The van der Waals surface area contributed by atoms with E-state index in [-0.39, 0.29) is 5.54 Å². The van der Waals surface area contributed by atoms with E-state index in [0.717, 1.165) is 28.2 Å². The van der Waals surface area contributed by atoms with Crippen LogP contribution in [-0.2, 0) is 20.2 Å². The summed E-state index contributed by atoms with van der Waals surface area (Å²) < 4.78 is 8.96. The molecule has 1 aromatic heterocycles. The van der Waals surface area contributed by atoms with E-state index in [1.54, 1.807) is 6.20 Å². The summed E-state index contributed by atoms with van der Waals surface area (Å²) in [6.45, 7) is 7.69. The largest absolute Gasteiger partial charge is 0.485 e. The number of halogens is 1. The molecule has 114 valence electrons. The predicted octanol–water partition coefficient (Wildman–Crippen LogP) is 3.65. The zero-order chi connectivity index (χ0) is 15.5. The number of aryl methyl sites for hydroxylation is 1. The van der Waals surface area contributed by atoms with Crippen molar-refractivity contribution in [3.05, 3.63) is 46.5 Å². The fraction of sp³-hybridized carbons (Fsp3) is 0.438. The summed E-state index contributed by atoms with van der Waals surface area (Å²) in [5, 5.41) is 3.49. The molecule has 5 heteroatoms. The van der Waals surface area contributed by atoms with E-state index in [1.807, 2.05) is 29.9 Å². The molecule has 0 spiro atoms. The van der Waals surface area contributed by atoms with Crippen LogP contribution in [0.3, 0.4) is 0 Å². The monoisotopic (exact) mass is 351 g/mol. The Morgan fingerprint density at radius 3 is 2.71 bits per heavy atom. The van der Waals surface area contributed by atoms with Crippen LogP contribution >= 0.6 is 15.9 Å². The summed E-state index contributed by atoms with van der Waals surface area (Å²) in [4.78, 5) is 4.28. The van der Waals surface area contributed by atoms with Crippen molar-refractivity contribution in [2.45, 2.75) is 39.5 Å². The highest BCUT2D eigenvalue weighted by Gasteiger charge is 2.12. The van der Waals surface area contributed by atoms with Gasteiger partial charge in [0.2, 0.25) is 0 Å². The molecule has 0 aliphatic rings. The summed E-state index contributed by atoms with van der Waals surface area (Å²) >= 11 is 3.52. The topological polar surface area (TPSA) is 39.1 Å². The smallest absolute Gasteiger partial charge is 0.146 e. The maximum Gasteiger partial charge on any atom is 0.146 e. The highest BCUT2D eigenvalue weighted by atomic mass is 79.9. The molecule has 0 amide bonds. The molecule has 0 radical (unpaired) electrons. The first kappa shape index (κ1) is 16.0. The Hall–Kier alpha value is -1.33. The molecule has 2 aromatic rings. The van der Waals surface area contributed by atoms with Crippen LogP contribution in [0.15, 0.2) is 35.1 Å². The van der Waals surface area contributed by atoms with Gasteiger partial charge in [-0.05, 0) is 39.0 Å². The Kier molecular flexibility index (Phi) is 5.06. The minimum atomic E-state index is 0.0687. The Morgan fingerprint density at radius 1 is 1.33 bits per heavy atom. The molecular weight excluding hydrogens is 330 g/mol. The maximum atomic E-state index is 5.94. The van der Waals surface area contributed by atoms with Gasteiger partial charge in [0.15, 0.2) is 0 Å². The van der Waals surface area contributed by atoms with Crippen molar-refractivity contribution < 1.29 is 4.74 Å². The average molecular weight is 352 g/mol. The minimum absolute atomic E-state index is 0.0687. The van der Waals surface area contributed by atoms with Crippen molar-refractivity contribution in [3.63, 3.8) is 0 Å². The van der Waals surface area contributed by atoms with Gasteiger partial charge in [-0.15, -0.1) is 0 Å². The third kappa shape index (κ3) is 4.86. The van der Waals surface area contributed by atoms with E-state index in [1.165, 1.54) is 0 Å². The molecular formula is C16H22BrN3O. The number of aromatic nitrogens is 2. The van der Waals surface area contributed by atoms with Gasteiger partial charge in [0.25, 0.3) is 0 Å². The molecule has 1 heterocycles. The Balaban J connectivity index is 2.09. The number of nitrogens with one attached hydrogen (secondary N) is 1. The number of benzene rings is 1. The minimum Gasteiger partial charge on any atom is -0.485 e. The van der Waals surface area contributed by atoms with Crippen molar-refractivity contribution in [1.82, 2.24) is 14.9 Å². The molecule has 2 rings (SSSR count). The van der Waals surface area contributed by atoms with Gasteiger partial charge in [-0.2, -0.15) is 0 Å². The number of nitrogens with zero attached hydrogens (tertiary/aromatic N) is 2. The molecule has 0 atom stereocenters. The molecule has 0 aliphatic carbocycles. The fourth-order valence-corrected chi connectivity index (χ4v) is 2.27. The van der Waals surface area contributed by atoms with Gasteiger partial charge < -0.3 is 14.6 Å². The van der Waals surface area contributed by atoms with Gasteiger partial charge in [0.1, 0.15) is 18.2 Å². The van der Waals surface area contributed by atoms with Crippen LogP contribution in [0, 0.1) is 0 Å². The molecule has 0 aliphatic heterocycles. The normalized spacial score (nSPS) is 11.7. The van der Waals surface area contributed by atoms with Gasteiger partial charge in [-0.3, -0.25) is 0 Å². The van der Waals surface area contributed by atoms with E-state index >= 15 is 0 Å². The molecule has 0 saturated heterocycles. The lowest BCUT2D eigenvalue weighted by atomic mass is 10.1. The molecule has 4 nitrogen and oxygen atoms in total. The van der Waals surface area contributed by atoms with E-state index in [4.69, 9.17) is 4.74 Å². The number of hydrogen-bond donors (Lipinski definition) is 1. The first-order chi connectivity index (χ1) is 9.85. The maximum absolute atomic E-state index is 5.94. The highest BCUT2D eigenvalue weighted by molar-refractivity contribution is 9.10. The number of hydrogen-bond acceptors (Lipinski definition) is 3. The zero-order valence-electron chi connectivity index (χ0n) is 13.0. The summed E-state index contributed by atoms with van der Waals surface area (Å²) in [5.41, 5.74) is 1.20. The molecule has 1 N–H and O–H groups in total. The molecule has 1 aromatic carbocycles. The average Bonchev–Trinajstić information content (AvgIpc) is 2.80. The van der Waals surface area contributed by atoms with Crippen molar-refractivity contribution in [3.8, 4) is 5.75 Å². The van der Waals surface area contributed by atoms with E-state index in [9.17, 15) is 0 Å². The number of rotatable bonds is 5. The second kappa shape index (κ2) is 6.62. The van der Waals surface area contributed by atoms with Crippen molar-refractivity contribution in [2.24, 2.45) is 7.05 Å². The molecule has 0 bridgehead atoms. The third-order valence-electron chi connectivity index (χ3n) is 3.11. The molecule has 0 fully saturated rings. The van der Waals surface area contributed by atoms with Gasteiger partial charge >= 0.3 is 0 Å². The van der Waals surface area contributed by atoms with E-state index in [2.05, 4.69) is 53.1 Å². The lowest BCUT2D eigenvalue weighted by Crippen LogP contribution is -2.35. The van der Waals surface area contributed by atoms with Crippen LogP contribution in [0.2, 0.25) is 0 Å². The highest BCUT2D eigenvalue weighted by Crippen LogP contribution is 2.24. The lowest BCUT2D eigenvalue weighted by Gasteiger charge is -2.22. The zero-order valence-corrected chi connectivity index (χ0v) is 14.6. The van der Waals surface area contributed by atoms with Crippen LogP contribution < -0.4 is 10.1 Å². The van der Waals surface area contributed by atoms with Gasteiger partial charge in [-0.25, -0.2) is 4.98 Å². The molecule has 0 unspecified atom stereocenters. The standard InChI is InChI=1S/C16H22BrN3O/c1-16(2,3)19-10-12-9-13(17)5-6-14(12)21-11-15-18-7-8-20(15)4/h5-9,19H,10-11H2,1-4H3. The summed E-state index contributed by atoms with van der Waals surface area (Å²) in [7, 11) is 1.97. The predicted molar refractivity (Wildman–Crippen MR) is 88.3 cm³/mol. The molecule has 21 heavy (non-hydrogen) atoms. The van der Waals surface area contributed by atoms with E-state index < -0.39 is 0 Å². The second-order valence-corrected chi connectivity index (χ2v) is 7.01.